The van der Waals surface area contributed by atoms with E-state index >= 15 is 0 Å². The van der Waals surface area contributed by atoms with Crippen LogP contribution in [0.2, 0.25) is 0 Å². The fourth-order valence-electron chi connectivity index (χ4n) is 1.72. The lowest BCUT2D eigenvalue weighted by atomic mass is 9.82. The van der Waals surface area contributed by atoms with E-state index in [1.807, 2.05) is 0 Å². The smallest absolute Gasteiger partial charge is 0.0312 e. The van der Waals surface area contributed by atoms with Crippen molar-refractivity contribution in [2.45, 2.75) is 46.6 Å². The number of hydrogen-bond acceptors (Lipinski definition) is 1. The monoisotopic (exact) mass is 203 g/mol. The van der Waals surface area contributed by atoms with Crippen molar-refractivity contribution in [3.8, 4) is 0 Å². The molecular weight excluding hydrogens is 182 g/mol. The van der Waals surface area contributed by atoms with E-state index < -0.39 is 0 Å². The van der Waals surface area contributed by atoms with Gasteiger partial charge in [0.2, 0.25) is 0 Å². The first-order valence-corrected chi connectivity index (χ1v) is 5.08. The van der Waals surface area contributed by atoms with E-state index in [1.54, 1.807) is 0 Å². The Morgan fingerprint density at radius 1 is 1.23 bits per heavy atom. The Morgan fingerprint density at radius 3 is 2.00 bits per heavy atom. The zero-order chi connectivity index (χ0) is 10.7. The molecule has 0 unspecified atom stereocenters. The summed E-state index contributed by atoms with van der Waals surface area (Å²) < 4.78 is 0. The maximum atomic E-state index is 5.70. The SMILES string of the molecule is C=C(Cl)CNC(C)(C)CC(C)(C)C. The molecule has 0 rings (SSSR count). The van der Waals surface area contributed by atoms with Crippen molar-refractivity contribution >= 4 is 11.6 Å². The average Bonchev–Trinajstić information content (AvgIpc) is 1.78. The topological polar surface area (TPSA) is 12.0 Å². The van der Waals surface area contributed by atoms with E-state index in [0.29, 0.717) is 17.0 Å². The summed E-state index contributed by atoms with van der Waals surface area (Å²) in [5.41, 5.74) is 0.459. The lowest BCUT2D eigenvalue weighted by Gasteiger charge is -2.33. The first-order valence-electron chi connectivity index (χ1n) is 4.71. The minimum Gasteiger partial charge on any atom is -0.307 e. The van der Waals surface area contributed by atoms with Crippen LogP contribution in [0.4, 0.5) is 0 Å². The molecular formula is C11H22ClN. The Morgan fingerprint density at radius 2 is 1.69 bits per heavy atom. The van der Waals surface area contributed by atoms with Crippen molar-refractivity contribution in [2.75, 3.05) is 6.54 Å². The van der Waals surface area contributed by atoms with Gasteiger partial charge in [-0.1, -0.05) is 39.0 Å². The number of hydrogen-bond donors (Lipinski definition) is 1. The van der Waals surface area contributed by atoms with Gasteiger partial charge in [-0.05, 0) is 25.7 Å². The van der Waals surface area contributed by atoms with Gasteiger partial charge in [-0.2, -0.15) is 0 Å². The molecule has 0 atom stereocenters. The van der Waals surface area contributed by atoms with Crippen LogP contribution in [0.5, 0.6) is 0 Å². The predicted molar refractivity (Wildman–Crippen MR) is 61.1 cm³/mol. The quantitative estimate of drug-likeness (QED) is 0.737. The molecule has 0 heterocycles. The van der Waals surface area contributed by atoms with Crippen molar-refractivity contribution in [3.05, 3.63) is 11.6 Å². The highest BCUT2D eigenvalue weighted by molar-refractivity contribution is 6.29. The number of nitrogens with one attached hydrogen (secondary N) is 1. The van der Waals surface area contributed by atoms with Crippen molar-refractivity contribution in [3.63, 3.8) is 0 Å². The van der Waals surface area contributed by atoms with E-state index in [9.17, 15) is 0 Å². The van der Waals surface area contributed by atoms with Crippen LogP contribution in [0.15, 0.2) is 11.6 Å². The van der Waals surface area contributed by atoms with Crippen LogP contribution < -0.4 is 5.32 Å². The lowest BCUT2D eigenvalue weighted by molar-refractivity contribution is 0.248. The minimum atomic E-state index is 0.121. The van der Waals surface area contributed by atoms with Crippen LogP contribution in [0.1, 0.15) is 41.0 Å². The summed E-state index contributed by atoms with van der Waals surface area (Å²) in [5, 5.41) is 4.05. The molecule has 0 amide bonds. The van der Waals surface area contributed by atoms with Gasteiger partial charge in [0, 0.05) is 17.1 Å². The Hall–Kier alpha value is -0.0100. The van der Waals surface area contributed by atoms with Gasteiger partial charge < -0.3 is 5.32 Å². The number of halogens is 1. The molecule has 1 nitrogen and oxygen atoms in total. The summed E-state index contributed by atoms with van der Waals surface area (Å²) in [7, 11) is 0. The molecule has 2 heteroatoms. The van der Waals surface area contributed by atoms with E-state index in [2.05, 4.69) is 46.5 Å². The molecule has 0 bridgehead atoms. The van der Waals surface area contributed by atoms with Crippen LogP contribution in [-0.4, -0.2) is 12.1 Å². The second-order valence-electron chi connectivity index (χ2n) is 5.49. The second kappa shape index (κ2) is 4.47. The standard InChI is InChI=1S/C11H22ClN/c1-9(12)7-13-11(5,6)8-10(2,3)4/h13H,1,7-8H2,2-6H3. The molecule has 0 saturated heterocycles. The molecule has 0 spiro atoms. The third-order valence-corrected chi connectivity index (χ3v) is 1.86. The average molecular weight is 204 g/mol. The Labute approximate surface area is 87.6 Å². The van der Waals surface area contributed by atoms with Gasteiger partial charge in [0.15, 0.2) is 0 Å². The summed E-state index contributed by atoms with van der Waals surface area (Å²) in [6.07, 6.45) is 1.12. The van der Waals surface area contributed by atoms with Crippen molar-refractivity contribution in [1.29, 1.82) is 0 Å². The Bertz CT molecular complexity index is 177. The maximum absolute atomic E-state index is 5.70. The summed E-state index contributed by atoms with van der Waals surface area (Å²) in [6, 6.07) is 0. The number of rotatable bonds is 4. The van der Waals surface area contributed by atoms with Crippen LogP contribution >= 0.6 is 11.6 Å². The van der Waals surface area contributed by atoms with E-state index in [0.717, 1.165) is 6.42 Å². The third kappa shape index (κ3) is 8.32. The van der Waals surface area contributed by atoms with Crippen LogP contribution in [-0.2, 0) is 0 Å². The largest absolute Gasteiger partial charge is 0.307 e. The zero-order valence-electron chi connectivity index (χ0n) is 9.50. The molecule has 0 aromatic rings. The summed E-state index contributed by atoms with van der Waals surface area (Å²) in [4.78, 5) is 0. The van der Waals surface area contributed by atoms with Gasteiger partial charge >= 0.3 is 0 Å². The zero-order valence-corrected chi connectivity index (χ0v) is 10.3. The summed E-state index contributed by atoms with van der Waals surface area (Å²) >= 11 is 5.70. The second-order valence-corrected chi connectivity index (χ2v) is 6.03. The van der Waals surface area contributed by atoms with E-state index in [4.69, 9.17) is 11.6 Å². The first kappa shape index (κ1) is 13.0. The van der Waals surface area contributed by atoms with Gasteiger partial charge in [0.1, 0.15) is 0 Å². The molecule has 0 aliphatic rings. The van der Waals surface area contributed by atoms with Crippen LogP contribution in [0, 0.1) is 5.41 Å². The minimum absolute atomic E-state index is 0.121. The molecule has 13 heavy (non-hydrogen) atoms. The van der Waals surface area contributed by atoms with Crippen molar-refractivity contribution < 1.29 is 0 Å². The lowest BCUT2D eigenvalue weighted by Crippen LogP contribution is -2.42. The van der Waals surface area contributed by atoms with Gasteiger partial charge in [-0.15, -0.1) is 0 Å². The Kier molecular flexibility index (Phi) is 4.47. The molecule has 1 N–H and O–H groups in total. The highest BCUT2D eigenvalue weighted by Crippen LogP contribution is 2.26. The van der Waals surface area contributed by atoms with Crippen molar-refractivity contribution in [1.82, 2.24) is 5.32 Å². The molecule has 0 aliphatic carbocycles. The molecule has 0 fully saturated rings. The molecule has 0 aromatic carbocycles. The van der Waals surface area contributed by atoms with Gasteiger partial charge in [-0.25, -0.2) is 0 Å². The molecule has 0 saturated carbocycles. The molecule has 78 valence electrons. The van der Waals surface area contributed by atoms with Crippen LogP contribution in [0.25, 0.3) is 0 Å². The first-order chi connectivity index (χ1) is 5.62. The van der Waals surface area contributed by atoms with Gasteiger partial charge in [-0.3, -0.25) is 0 Å². The van der Waals surface area contributed by atoms with Crippen LogP contribution in [0.3, 0.4) is 0 Å². The normalized spacial score (nSPS) is 13.1. The molecule has 0 aliphatic heterocycles. The predicted octanol–water partition coefficient (Wildman–Crippen LogP) is 3.54. The van der Waals surface area contributed by atoms with Gasteiger partial charge in [0.05, 0.1) is 0 Å². The summed E-state index contributed by atoms with van der Waals surface area (Å²) in [5.74, 6) is 0. The Balaban J connectivity index is 4.01. The molecule has 0 aromatic heterocycles. The van der Waals surface area contributed by atoms with Gasteiger partial charge in [0.25, 0.3) is 0 Å². The summed E-state index contributed by atoms with van der Waals surface area (Å²) in [6.45, 7) is 15.5. The molecule has 0 radical (unpaired) electrons. The van der Waals surface area contributed by atoms with E-state index in [1.165, 1.54) is 0 Å². The fraction of sp³-hybridized carbons (Fsp3) is 0.818. The highest BCUT2D eigenvalue weighted by atomic mass is 35.5. The van der Waals surface area contributed by atoms with Crippen molar-refractivity contribution in [2.24, 2.45) is 5.41 Å². The fourth-order valence-corrected chi connectivity index (χ4v) is 1.79. The van der Waals surface area contributed by atoms with E-state index in [-0.39, 0.29) is 5.54 Å². The third-order valence-electron chi connectivity index (χ3n) is 1.73. The highest BCUT2D eigenvalue weighted by Gasteiger charge is 2.24. The maximum Gasteiger partial charge on any atom is 0.0312 e.